The molecule has 6 nitrogen and oxygen atoms in total. The quantitative estimate of drug-likeness (QED) is 0.620. The van der Waals surface area contributed by atoms with E-state index < -0.39 is 12.0 Å². The normalized spacial score (nSPS) is 11.8. The summed E-state index contributed by atoms with van der Waals surface area (Å²) in [5.74, 6) is -0.693. The van der Waals surface area contributed by atoms with Gasteiger partial charge >= 0.3 is 5.97 Å². The fraction of sp³-hybridized carbons (Fsp3) is 0.353. The zero-order chi connectivity index (χ0) is 17.7. The predicted octanol–water partition coefficient (Wildman–Crippen LogP) is 2.08. The molecule has 1 aromatic carbocycles. The minimum atomic E-state index is -0.792. The van der Waals surface area contributed by atoms with E-state index in [4.69, 9.17) is 4.74 Å². The van der Waals surface area contributed by atoms with E-state index in [0.29, 0.717) is 17.0 Å². The number of aromatic nitrogens is 2. The molecule has 7 heteroatoms. The van der Waals surface area contributed by atoms with Gasteiger partial charge in [-0.05, 0) is 32.9 Å². The van der Waals surface area contributed by atoms with Crippen molar-refractivity contribution in [3.8, 4) is 5.69 Å². The van der Waals surface area contributed by atoms with Crippen LogP contribution in [0, 0.1) is 13.8 Å². The third-order valence-corrected chi connectivity index (χ3v) is 3.94. The van der Waals surface area contributed by atoms with Gasteiger partial charge < -0.3 is 10.1 Å². The number of thiol groups is 1. The molecule has 0 saturated carbocycles. The molecule has 0 aliphatic heterocycles. The van der Waals surface area contributed by atoms with Gasteiger partial charge in [0.2, 0.25) is 0 Å². The summed E-state index contributed by atoms with van der Waals surface area (Å²) in [5, 5.41) is 7.11. The first-order valence-corrected chi connectivity index (χ1v) is 8.32. The molecule has 0 spiro atoms. The van der Waals surface area contributed by atoms with Crippen molar-refractivity contribution in [2.45, 2.75) is 26.8 Å². The van der Waals surface area contributed by atoms with Gasteiger partial charge in [-0.2, -0.15) is 17.7 Å². The Morgan fingerprint density at radius 3 is 2.54 bits per heavy atom. The fourth-order valence-electron chi connectivity index (χ4n) is 2.44. The number of benzene rings is 1. The van der Waals surface area contributed by atoms with Crippen molar-refractivity contribution in [1.29, 1.82) is 0 Å². The van der Waals surface area contributed by atoms with Gasteiger partial charge in [-0.1, -0.05) is 18.2 Å². The molecule has 0 aliphatic carbocycles. The van der Waals surface area contributed by atoms with E-state index in [9.17, 15) is 9.59 Å². The van der Waals surface area contributed by atoms with Gasteiger partial charge in [0, 0.05) is 5.75 Å². The highest BCUT2D eigenvalue weighted by molar-refractivity contribution is 7.80. The van der Waals surface area contributed by atoms with Crippen LogP contribution in [0.4, 0.5) is 0 Å². The number of nitrogens with one attached hydrogen (secondary N) is 1. The number of hydrogen-bond donors (Lipinski definition) is 2. The number of carbonyl (C=O) groups excluding carboxylic acids is 2. The summed E-state index contributed by atoms with van der Waals surface area (Å²) in [6, 6.07) is 8.76. The van der Waals surface area contributed by atoms with Crippen molar-refractivity contribution in [3.63, 3.8) is 0 Å². The summed E-state index contributed by atoms with van der Waals surface area (Å²) < 4.78 is 6.66. The zero-order valence-corrected chi connectivity index (χ0v) is 14.8. The molecule has 0 saturated heterocycles. The van der Waals surface area contributed by atoms with Gasteiger partial charge in [0.15, 0.2) is 0 Å². The Balaban J connectivity index is 2.27. The molecule has 1 aromatic heterocycles. The highest BCUT2D eigenvalue weighted by atomic mass is 32.1. The summed E-state index contributed by atoms with van der Waals surface area (Å²) >= 11 is 4.11. The average molecular weight is 347 g/mol. The first kappa shape index (κ1) is 18.1. The van der Waals surface area contributed by atoms with Crippen molar-refractivity contribution in [1.82, 2.24) is 15.1 Å². The van der Waals surface area contributed by atoms with Gasteiger partial charge in [0.05, 0.1) is 29.2 Å². The number of ether oxygens (including phenoxy) is 1. The number of carbonyl (C=O) groups is 2. The van der Waals surface area contributed by atoms with Crippen LogP contribution in [0.2, 0.25) is 0 Å². The second kappa shape index (κ2) is 8.01. The van der Waals surface area contributed by atoms with Crippen molar-refractivity contribution >= 4 is 24.5 Å². The van der Waals surface area contributed by atoms with Crippen LogP contribution >= 0.6 is 12.6 Å². The molecule has 24 heavy (non-hydrogen) atoms. The molecule has 1 N–H and O–H groups in total. The molecule has 1 atom stereocenters. The van der Waals surface area contributed by atoms with Crippen LogP contribution in [0.25, 0.3) is 5.69 Å². The third kappa shape index (κ3) is 3.79. The second-order valence-corrected chi connectivity index (χ2v) is 5.62. The number of amides is 1. The molecular formula is C17H21N3O3S. The summed E-state index contributed by atoms with van der Waals surface area (Å²) in [6.07, 6.45) is 0. The molecule has 2 rings (SSSR count). The largest absolute Gasteiger partial charge is 0.464 e. The van der Waals surface area contributed by atoms with Crippen LogP contribution in [0.1, 0.15) is 28.7 Å². The topological polar surface area (TPSA) is 73.2 Å². The first-order valence-electron chi connectivity index (χ1n) is 7.69. The Labute approximate surface area is 146 Å². The molecule has 0 radical (unpaired) electrons. The molecule has 1 amide bonds. The van der Waals surface area contributed by atoms with Gasteiger partial charge in [-0.15, -0.1) is 0 Å². The van der Waals surface area contributed by atoms with Crippen LogP contribution in [-0.2, 0) is 9.53 Å². The molecule has 0 fully saturated rings. The minimum Gasteiger partial charge on any atom is -0.464 e. The number of esters is 1. The van der Waals surface area contributed by atoms with Crippen molar-refractivity contribution in [3.05, 3.63) is 47.3 Å². The lowest BCUT2D eigenvalue weighted by molar-refractivity contribution is -0.144. The van der Waals surface area contributed by atoms with Gasteiger partial charge in [-0.25, -0.2) is 9.48 Å². The Kier molecular flexibility index (Phi) is 6.03. The van der Waals surface area contributed by atoms with Crippen LogP contribution in [0.3, 0.4) is 0 Å². The fourth-order valence-corrected chi connectivity index (χ4v) is 2.68. The van der Waals surface area contributed by atoms with Gasteiger partial charge in [0.25, 0.3) is 5.91 Å². The maximum absolute atomic E-state index is 12.6. The molecule has 2 aromatic rings. The molecule has 1 heterocycles. The number of aryl methyl sites for hydroxylation is 1. The van der Waals surface area contributed by atoms with Crippen molar-refractivity contribution in [2.24, 2.45) is 0 Å². The van der Waals surface area contributed by atoms with E-state index in [0.717, 1.165) is 5.69 Å². The summed E-state index contributed by atoms with van der Waals surface area (Å²) in [5.41, 5.74) is 2.62. The highest BCUT2D eigenvalue weighted by Gasteiger charge is 2.25. The molecule has 0 aliphatic rings. The maximum Gasteiger partial charge on any atom is 0.329 e. The Morgan fingerprint density at radius 1 is 1.29 bits per heavy atom. The monoisotopic (exact) mass is 347 g/mol. The standard InChI is InChI=1S/C17H21N3O3S/c1-4-23-17(22)14(10-24)18-16(21)15-11(2)19-20(12(15)3)13-8-6-5-7-9-13/h5-9,14,24H,4,10H2,1-3H3,(H,18,21)/t14-/m0/s1. The summed E-state index contributed by atoms with van der Waals surface area (Å²) in [6.45, 7) is 5.56. The van der Waals surface area contributed by atoms with Crippen LogP contribution in [-0.4, -0.2) is 40.1 Å². The Bertz CT molecular complexity index is 728. The zero-order valence-electron chi connectivity index (χ0n) is 13.9. The lowest BCUT2D eigenvalue weighted by Gasteiger charge is -2.15. The highest BCUT2D eigenvalue weighted by Crippen LogP contribution is 2.18. The lowest BCUT2D eigenvalue weighted by Crippen LogP contribution is -2.43. The molecule has 0 unspecified atom stereocenters. The third-order valence-electron chi connectivity index (χ3n) is 3.58. The second-order valence-electron chi connectivity index (χ2n) is 5.25. The minimum absolute atomic E-state index is 0.162. The molecule has 128 valence electrons. The van der Waals surface area contributed by atoms with Gasteiger partial charge in [-0.3, -0.25) is 4.79 Å². The van der Waals surface area contributed by atoms with E-state index in [2.05, 4.69) is 23.0 Å². The number of rotatable bonds is 6. The summed E-state index contributed by atoms with van der Waals surface area (Å²) in [4.78, 5) is 24.4. The number of nitrogens with zero attached hydrogens (tertiary/aromatic N) is 2. The summed E-state index contributed by atoms with van der Waals surface area (Å²) in [7, 11) is 0. The van der Waals surface area contributed by atoms with E-state index in [1.807, 2.05) is 37.3 Å². The Morgan fingerprint density at radius 2 is 1.96 bits per heavy atom. The van der Waals surface area contributed by atoms with E-state index >= 15 is 0 Å². The van der Waals surface area contributed by atoms with E-state index in [1.54, 1.807) is 18.5 Å². The Hall–Kier alpha value is -2.28. The van der Waals surface area contributed by atoms with Crippen LogP contribution < -0.4 is 5.32 Å². The number of para-hydroxylation sites is 1. The SMILES string of the molecule is CCOC(=O)[C@H](CS)NC(=O)c1c(C)nn(-c2ccccc2)c1C. The smallest absolute Gasteiger partial charge is 0.329 e. The lowest BCUT2D eigenvalue weighted by atomic mass is 10.1. The van der Waals surface area contributed by atoms with Crippen LogP contribution in [0.15, 0.2) is 30.3 Å². The van der Waals surface area contributed by atoms with E-state index in [1.165, 1.54) is 0 Å². The van der Waals surface area contributed by atoms with Gasteiger partial charge in [0.1, 0.15) is 6.04 Å². The number of hydrogen-bond acceptors (Lipinski definition) is 5. The molecule has 0 bridgehead atoms. The first-order chi connectivity index (χ1) is 11.5. The van der Waals surface area contributed by atoms with E-state index in [-0.39, 0.29) is 18.3 Å². The predicted molar refractivity (Wildman–Crippen MR) is 94.8 cm³/mol. The molecular weight excluding hydrogens is 326 g/mol. The maximum atomic E-state index is 12.6. The van der Waals surface area contributed by atoms with Crippen LogP contribution in [0.5, 0.6) is 0 Å². The van der Waals surface area contributed by atoms with Crippen molar-refractivity contribution in [2.75, 3.05) is 12.4 Å². The average Bonchev–Trinajstić information content (AvgIpc) is 2.88. The van der Waals surface area contributed by atoms with Crippen molar-refractivity contribution < 1.29 is 14.3 Å².